The van der Waals surface area contributed by atoms with Gasteiger partial charge in [-0.05, 0) is 43.2 Å². The summed E-state index contributed by atoms with van der Waals surface area (Å²) in [6.45, 7) is 3.26. The number of carbonyl (C=O) groups is 2. The Morgan fingerprint density at radius 3 is 2.12 bits per heavy atom. The number of amides is 2. The van der Waals surface area contributed by atoms with Crippen LogP contribution in [0.5, 0.6) is 0 Å². The summed E-state index contributed by atoms with van der Waals surface area (Å²) in [5.74, 6) is -1.15. The van der Waals surface area contributed by atoms with Crippen molar-refractivity contribution < 1.29 is 9.59 Å². The number of rotatable bonds is 5. The SMILES string of the molecule is C/C(=C\c1cccc(/C=C(\C)C(=O)NC(N)N)c1)C(=O)N=C(N)N. The Hall–Kier alpha value is -2.97. The number of carbonyl (C=O) groups excluding carboxylic acids is 2. The minimum absolute atomic E-state index is 0.288. The smallest absolute Gasteiger partial charge is 0.275 e. The Morgan fingerprint density at radius 2 is 1.62 bits per heavy atom. The molecule has 0 radical (unpaired) electrons. The second-order valence-electron chi connectivity index (χ2n) is 5.17. The van der Waals surface area contributed by atoms with Gasteiger partial charge in [-0.25, -0.2) is 0 Å². The summed E-state index contributed by atoms with van der Waals surface area (Å²) in [5, 5.41) is 2.40. The molecular weight excluding hydrogens is 308 g/mol. The molecule has 128 valence electrons. The molecule has 2 amide bonds. The van der Waals surface area contributed by atoms with Crippen molar-refractivity contribution in [3.8, 4) is 0 Å². The van der Waals surface area contributed by atoms with E-state index in [4.69, 9.17) is 22.9 Å². The van der Waals surface area contributed by atoms with Crippen molar-refractivity contribution in [3.63, 3.8) is 0 Å². The van der Waals surface area contributed by atoms with Gasteiger partial charge in [0.25, 0.3) is 5.91 Å². The Kier molecular flexibility index (Phi) is 6.84. The minimum atomic E-state index is -0.917. The summed E-state index contributed by atoms with van der Waals surface area (Å²) >= 11 is 0. The van der Waals surface area contributed by atoms with E-state index in [1.54, 1.807) is 32.1 Å². The second-order valence-corrected chi connectivity index (χ2v) is 5.17. The Bertz CT molecular complexity index is 715. The Morgan fingerprint density at radius 1 is 1.08 bits per heavy atom. The lowest BCUT2D eigenvalue weighted by Crippen LogP contribution is -2.48. The van der Waals surface area contributed by atoms with E-state index in [0.29, 0.717) is 11.1 Å². The number of hydrogen-bond acceptors (Lipinski definition) is 4. The highest BCUT2D eigenvalue weighted by Gasteiger charge is 2.06. The zero-order valence-electron chi connectivity index (χ0n) is 13.6. The van der Waals surface area contributed by atoms with Crippen LogP contribution in [0.15, 0.2) is 40.4 Å². The van der Waals surface area contributed by atoms with Crippen LogP contribution in [0.4, 0.5) is 0 Å². The first kappa shape index (κ1) is 19.1. The third-order valence-corrected chi connectivity index (χ3v) is 2.90. The van der Waals surface area contributed by atoms with Crippen molar-refractivity contribution in [2.45, 2.75) is 20.1 Å². The molecule has 8 heteroatoms. The highest BCUT2D eigenvalue weighted by atomic mass is 16.2. The van der Waals surface area contributed by atoms with Crippen LogP contribution in [0, 0.1) is 0 Å². The molecule has 0 unspecified atom stereocenters. The lowest BCUT2D eigenvalue weighted by atomic mass is 10.1. The number of aliphatic imine (C=N–C) groups is 1. The average Bonchev–Trinajstić information content (AvgIpc) is 2.46. The minimum Gasteiger partial charge on any atom is -0.370 e. The van der Waals surface area contributed by atoms with Gasteiger partial charge in [-0.15, -0.1) is 0 Å². The van der Waals surface area contributed by atoms with Gasteiger partial charge in [-0.3, -0.25) is 21.1 Å². The van der Waals surface area contributed by atoms with E-state index in [2.05, 4.69) is 10.3 Å². The maximum absolute atomic E-state index is 11.8. The maximum atomic E-state index is 11.8. The van der Waals surface area contributed by atoms with Crippen LogP contribution in [-0.4, -0.2) is 24.1 Å². The molecule has 0 fully saturated rings. The highest BCUT2D eigenvalue weighted by Crippen LogP contribution is 2.13. The van der Waals surface area contributed by atoms with Gasteiger partial charge in [0.1, 0.15) is 6.29 Å². The van der Waals surface area contributed by atoms with E-state index < -0.39 is 12.2 Å². The van der Waals surface area contributed by atoms with Crippen LogP contribution in [0.25, 0.3) is 12.2 Å². The fourth-order valence-electron chi connectivity index (χ4n) is 1.84. The van der Waals surface area contributed by atoms with Crippen molar-refractivity contribution in [3.05, 3.63) is 46.5 Å². The molecule has 0 spiro atoms. The summed E-state index contributed by atoms with van der Waals surface area (Å²) in [4.78, 5) is 27.0. The molecule has 0 aliphatic heterocycles. The molecular formula is C16H22N6O2. The normalized spacial score (nSPS) is 12.0. The van der Waals surface area contributed by atoms with Gasteiger partial charge in [-0.2, -0.15) is 4.99 Å². The number of nitrogens with zero attached hydrogens (tertiary/aromatic N) is 1. The summed E-state index contributed by atoms with van der Waals surface area (Å²) in [6.07, 6.45) is 2.42. The zero-order chi connectivity index (χ0) is 18.3. The molecule has 0 aliphatic rings. The van der Waals surface area contributed by atoms with Crippen LogP contribution >= 0.6 is 0 Å². The molecule has 0 saturated carbocycles. The van der Waals surface area contributed by atoms with Crippen LogP contribution in [0.1, 0.15) is 25.0 Å². The van der Waals surface area contributed by atoms with E-state index in [0.717, 1.165) is 11.1 Å². The van der Waals surface area contributed by atoms with E-state index >= 15 is 0 Å². The number of nitrogens with two attached hydrogens (primary N) is 4. The van der Waals surface area contributed by atoms with Gasteiger partial charge in [0, 0.05) is 11.1 Å². The largest absolute Gasteiger partial charge is 0.370 e. The summed E-state index contributed by atoms with van der Waals surface area (Å²) in [6, 6.07) is 7.25. The fourth-order valence-corrected chi connectivity index (χ4v) is 1.84. The number of nitrogens with one attached hydrogen (secondary N) is 1. The van der Waals surface area contributed by atoms with Gasteiger partial charge in [0.05, 0.1) is 0 Å². The van der Waals surface area contributed by atoms with E-state index in [-0.39, 0.29) is 11.9 Å². The molecule has 1 aromatic carbocycles. The fraction of sp³-hybridized carbons (Fsp3) is 0.188. The summed E-state index contributed by atoms with van der Waals surface area (Å²) in [5.41, 5.74) is 23.4. The number of guanidine groups is 1. The van der Waals surface area contributed by atoms with Gasteiger partial charge in [0.2, 0.25) is 5.91 Å². The van der Waals surface area contributed by atoms with Crippen LogP contribution in [0.3, 0.4) is 0 Å². The Labute approximate surface area is 140 Å². The molecule has 1 aromatic rings. The van der Waals surface area contributed by atoms with Gasteiger partial charge in [-0.1, -0.05) is 18.2 Å². The standard InChI is InChI=1S/C16H22N6O2/c1-9(13(23)21-15(17)18)6-11-4-3-5-12(8-11)7-10(2)14(24)22-16(19)20/h3-8,15H,17-18H2,1-2H3,(H,21,23)(H4,19,20,22,24)/b9-6+,10-7+. The van der Waals surface area contributed by atoms with Crippen molar-refractivity contribution in [1.29, 1.82) is 0 Å². The zero-order valence-corrected chi connectivity index (χ0v) is 13.6. The van der Waals surface area contributed by atoms with Crippen LogP contribution < -0.4 is 28.3 Å². The summed E-state index contributed by atoms with van der Waals surface area (Å²) in [7, 11) is 0. The third-order valence-electron chi connectivity index (χ3n) is 2.90. The Balaban J connectivity index is 3.00. The summed E-state index contributed by atoms with van der Waals surface area (Å²) < 4.78 is 0. The van der Waals surface area contributed by atoms with Crippen molar-refractivity contribution in [2.75, 3.05) is 0 Å². The third kappa shape index (κ3) is 6.42. The highest BCUT2D eigenvalue weighted by molar-refractivity contribution is 6.03. The van der Waals surface area contributed by atoms with Gasteiger partial charge >= 0.3 is 0 Å². The molecule has 9 N–H and O–H groups in total. The molecule has 0 saturated heterocycles. The average molecular weight is 330 g/mol. The maximum Gasteiger partial charge on any atom is 0.275 e. The monoisotopic (exact) mass is 330 g/mol. The van der Waals surface area contributed by atoms with Gasteiger partial charge in [0.15, 0.2) is 5.96 Å². The van der Waals surface area contributed by atoms with Crippen LogP contribution in [-0.2, 0) is 9.59 Å². The van der Waals surface area contributed by atoms with Crippen molar-refractivity contribution in [2.24, 2.45) is 27.9 Å². The molecule has 24 heavy (non-hydrogen) atoms. The van der Waals surface area contributed by atoms with E-state index in [1.165, 1.54) is 0 Å². The molecule has 0 aliphatic carbocycles. The first-order valence-corrected chi connectivity index (χ1v) is 7.11. The first-order valence-electron chi connectivity index (χ1n) is 7.11. The molecule has 0 bridgehead atoms. The topological polar surface area (TPSA) is 163 Å². The van der Waals surface area contributed by atoms with E-state index in [1.807, 2.05) is 18.2 Å². The van der Waals surface area contributed by atoms with Crippen molar-refractivity contribution >= 4 is 29.9 Å². The molecule has 0 aromatic heterocycles. The predicted octanol–water partition coefficient (Wildman–Crippen LogP) is -0.390. The van der Waals surface area contributed by atoms with E-state index in [9.17, 15) is 9.59 Å². The van der Waals surface area contributed by atoms with Crippen molar-refractivity contribution in [1.82, 2.24) is 5.32 Å². The first-order chi connectivity index (χ1) is 11.2. The second kappa shape index (κ2) is 8.61. The molecule has 0 heterocycles. The number of benzene rings is 1. The quantitative estimate of drug-likeness (QED) is 0.214. The molecule has 0 atom stereocenters. The molecule has 8 nitrogen and oxygen atoms in total. The number of hydrogen-bond donors (Lipinski definition) is 5. The van der Waals surface area contributed by atoms with Crippen LogP contribution in [0.2, 0.25) is 0 Å². The predicted molar refractivity (Wildman–Crippen MR) is 94.9 cm³/mol. The lowest BCUT2D eigenvalue weighted by molar-refractivity contribution is -0.118. The lowest BCUT2D eigenvalue weighted by Gasteiger charge is -2.08. The van der Waals surface area contributed by atoms with Gasteiger partial charge < -0.3 is 16.8 Å². The molecule has 1 rings (SSSR count).